The summed E-state index contributed by atoms with van der Waals surface area (Å²) in [7, 11) is 0. The predicted octanol–water partition coefficient (Wildman–Crippen LogP) is 4.59. The van der Waals surface area contributed by atoms with E-state index in [4.69, 9.17) is 14.6 Å². The lowest BCUT2D eigenvalue weighted by Gasteiger charge is -2.27. The predicted molar refractivity (Wildman–Crippen MR) is 173 cm³/mol. The van der Waals surface area contributed by atoms with E-state index in [1.807, 2.05) is 80.8 Å². The third-order valence-corrected chi connectivity index (χ3v) is 8.37. The lowest BCUT2D eigenvalue weighted by atomic mass is 10.0. The van der Waals surface area contributed by atoms with E-state index in [1.165, 1.54) is 0 Å². The smallest absolute Gasteiger partial charge is 0.276 e. The van der Waals surface area contributed by atoms with Gasteiger partial charge >= 0.3 is 0 Å². The van der Waals surface area contributed by atoms with Crippen LogP contribution in [0.25, 0.3) is 22.7 Å². The van der Waals surface area contributed by atoms with Crippen LogP contribution in [-0.2, 0) is 16.1 Å². The monoisotopic (exact) mass is 629 g/mol. The van der Waals surface area contributed by atoms with Gasteiger partial charge < -0.3 is 20.1 Å². The zero-order chi connectivity index (χ0) is 31.8. The molecule has 2 N–H and O–H groups in total. The van der Waals surface area contributed by atoms with Crippen molar-refractivity contribution < 1.29 is 18.9 Å². The maximum absolute atomic E-state index is 13.8. The Bertz CT molecular complexity index is 1590. The van der Waals surface area contributed by atoms with Crippen LogP contribution in [0, 0.1) is 5.92 Å². The number of fused-ring (bicyclic) bond motifs is 1. The fourth-order valence-electron chi connectivity index (χ4n) is 5.25. The lowest BCUT2D eigenvalue weighted by Crippen LogP contribution is -2.49. The standard InChI is InChI=1S/C33H39N7O4S/c1-22(2)29-31-36-30(24-13-8-5-9-14-24)37-40(31)19-18-39(17-10-15-28(41)34-25(16-20-45-3)32(42)35-29)33(43)26-21-27(44-38-26)23-11-6-4-7-12-23/h4-9,11-14,21-22,25,29H,10,15-20H2,1-3H3,(H,34,41)(H,35,42)/t25-,29+/m0/s1. The summed E-state index contributed by atoms with van der Waals surface area (Å²) in [5.74, 6) is 1.51. The van der Waals surface area contributed by atoms with Gasteiger partial charge in [-0.1, -0.05) is 79.7 Å². The quantitative estimate of drug-likeness (QED) is 0.303. The summed E-state index contributed by atoms with van der Waals surface area (Å²) in [6.45, 7) is 4.94. The van der Waals surface area contributed by atoms with Gasteiger partial charge in [0, 0.05) is 36.7 Å². The summed E-state index contributed by atoms with van der Waals surface area (Å²) in [4.78, 5) is 46.9. The summed E-state index contributed by atoms with van der Waals surface area (Å²) in [6, 6.07) is 19.6. The Balaban J connectivity index is 1.49. The molecular weight excluding hydrogens is 590 g/mol. The molecule has 2 atom stereocenters. The second-order valence-electron chi connectivity index (χ2n) is 11.4. The molecular formula is C33H39N7O4S. The van der Waals surface area contributed by atoms with E-state index in [2.05, 4.69) is 15.8 Å². The first-order valence-electron chi connectivity index (χ1n) is 15.2. The minimum absolute atomic E-state index is 0.0328. The number of hydrogen-bond acceptors (Lipinski definition) is 8. The summed E-state index contributed by atoms with van der Waals surface area (Å²) in [5.41, 5.74) is 1.85. The van der Waals surface area contributed by atoms with Crippen molar-refractivity contribution in [3.05, 3.63) is 78.2 Å². The normalized spacial score (nSPS) is 18.2. The van der Waals surface area contributed by atoms with E-state index >= 15 is 0 Å². The molecule has 0 aliphatic carbocycles. The zero-order valence-electron chi connectivity index (χ0n) is 25.8. The Morgan fingerprint density at radius 3 is 2.40 bits per heavy atom. The molecule has 11 nitrogen and oxygen atoms in total. The highest BCUT2D eigenvalue weighted by Crippen LogP contribution is 2.25. The molecule has 4 aromatic rings. The van der Waals surface area contributed by atoms with Gasteiger partial charge in [-0.05, 0) is 30.8 Å². The van der Waals surface area contributed by atoms with Crippen LogP contribution >= 0.6 is 11.8 Å². The second kappa shape index (κ2) is 15.0. The largest absolute Gasteiger partial charge is 0.355 e. The minimum Gasteiger partial charge on any atom is -0.355 e. The highest BCUT2D eigenvalue weighted by atomic mass is 32.2. The Morgan fingerprint density at radius 2 is 1.71 bits per heavy atom. The Morgan fingerprint density at radius 1 is 1.00 bits per heavy atom. The highest BCUT2D eigenvalue weighted by molar-refractivity contribution is 7.98. The molecule has 3 heterocycles. The van der Waals surface area contributed by atoms with Crippen LogP contribution < -0.4 is 10.6 Å². The Labute approximate surface area is 267 Å². The molecule has 12 heteroatoms. The average molecular weight is 630 g/mol. The summed E-state index contributed by atoms with van der Waals surface area (Å²) in [5, 5.41) is 15.0. The first kappa shape index (κ1) is 32.0. The SMILES string of the molecule is CSCC[C@@H]1NC(=O)CCCN(C(=O)c2cc(-c3ccccc3)on2)CCn2nc(-c3ccccc3)nc2[C@@H](C(C)C)NC1=O. The number of carbonyl (C=O) groups excluding carboxylic acids is 3. The van der Waals surface area contributed by atoms with Gasteiger partial charge in [0.2, 0.25) is 11.8 Å². The molecule has 0 bridgehead atoms. The van der Waals surface area contributed by atoms with Gasteiger partial charge in [0.15, 0.2) is 23.1 Å². The number of nitrogens with one attached hydrogen (secondary N) is 2. The zero-order valence-corrected chi connectivity index (χ0v) is 26.6. The van der Waals surface area contributed by atoms with E-state index < -0.39 is 12.1 Å². The second-order valence-corrected chi connectivity index (χ2v) is 12.3. The van der Waals surface area contributed by atoms with Crippen LogP contribution in [0.5, 0.6) is 0 Å². The number of nitrogens with zero attached hydrogens (tertiary/aromatic N) is 5. The maximum Gasteiger partial charge on any atom is 0.276 e. The third kappa shape index (κ3) is 7.99. The van der Waals surface area contributed by atoms with Gasteiger partial charge in [0.05, 0.1) is 12.6 Å². The van der Waals surface area contributed by atoms with Crippen molar-refractivity contribution in [1.82, 2.24) is 35.5 Å². The number of aromatic nitrogens is 4. The maximum atomic E-state index is 13.8. The van der Waals surface area contributed by atoms with Crippen LogP contribution in [0.15, 0.2) is 71.3 Å². The van der Waals surface area contributed by atoms with Crippen molar-refractivity contribution in [2.45, 2.75) is 51.7 Å². The molecule has 0 spiro atoms. The van der Waals surface area contributed by atoms with Gasteiger partial charge in [-0.2, -0.15) is 16.9 Å². The Kier molecular flexibility index (Phi) is 10.7. The van der Waals surface area contributed by atoms with E-state index in [9.17, 15) is 14.4 Å². The van der Waals surface area contributed by atoms with Gasteiger partial charge in [-0.3, -0.25) is 14.4 Å². The number of rotatable bonds is 7. The average Bonchev–Trinajstić information content (AvgIpc) is 3.72. The van der Waals surface area contributed by atoms with E-state index in [0.717, 1.165) is 11.1 Å². The molecule has 1 aliphatic rings. The lowest BCUT2D eigenvalue weighted by molar-refractivity contribution is -0.129. The fraction of sp³-hybridized carbons (Fsp3) is 0.394. The van der Waals surface area contributed by atoms with Crippen molar-refractivity contribution in [3.8, 4) is 22.7 Å². The van der Waals surface area contributed by atoms with Gasteiger partial charge in [-0.15, -0.1) is 0 Å². The van der Waals surface area contributed by atoms with Crippen molar-refractivity contribution in [2.24, 2.45) is 5.92 Å². The molecule has 2 aromatic carbocycles. The number of hydrogen-bond donors (Lipinski definition) is 2. The highest BCUT2D eigenvalue weighted by Gasteiger charge is 2.30. The van der Waals surface area contributed by atoms with Crippen LogP contribution in [0.2, 0.25) is 0 Å². The molecule has 45 heavy (non-hydrogen) atoms. The molecule has 3 amide bonds. The van der Waals surface area contributed by atoms with Crippen LogP contribution in [0.1, 0.15) is 55.5 Å². The van der Waals surface area contributed by atoms with E-state index in [1.54, 1.807) is 27.4 Å². The fourth-order valence-corrected chi connectivity index (χ4v) is 5.72. The Hall–Kier alpha value is -4.45. The number of thioether (sulfide) groups is 1. The van der Waals surface area contributed by atoms with Gasteiger partial charge in [0.1, 0.15) is 6.04 Å². The molecule has 0 unspecified atom stereocenters. The van der Waals surface area contributed by atoms with Crippen molar-refractivity contribution in [3.63, 3.8) is 0 Å². The minimum atomic E-state index is -0.691. The topological polar surface area (TPSA) is 135 Å². The summed E-state index contributed by atoms with van der Waals surface area (Å²) < 4.78 is 7.30. The first-order valence-corrected chi connectivity index (χ1v) is 16.6. The van der Waals surface area contributed by atoms with Crippen molar-refractivity contribution in [1.29, 1.82) is 0 Å². The number of benzene rings is 2. The van der Waals surface area contributed by atoms with E-state index in [0.29, 0.717) is 49.1 Å². The molecule has 0 saturated carbocycles. The molecule has 2 aromatic heterocycles. The number of amides is 3. The summed E-state index contributed by atoms with van der Waals surface area (Å²) >= 11 is 1.62. The molecule has 236 valence electrons. The van der Waals surface area contributed by atoms with Gasteiger partial charge in [-0.25, -0.2) is 9.67 Å². The summed E-state index contributed by atoms with van der Waals surface area (Å²) in [6.07, 6.45) is 3.04. The van der Waals surface area contributed by atoms with Crippen molar-refractivity contribution >= 4 is 29.5 Å². The van der Waals surface area contributed by atoms with Crippen molar-refractivity contribution in [2.75, 3.05) is 25.1 Å². The van der Waals surface area contributed by atoms with Crippen LogP contribution in [0.3, 0.4) is 0 Å². The molecule has 1 aliphatic heterocycles. The van der Waals surface area contributed by atoms with E-state index in [-0.39, 0.29) is 42.3 Å². The third-order valence-electron chi connectivity index (χ3n) is 7.73. The molecule has 0 saturated heterocycles. The molecule has 5 rings (SSSR count). The number of carbonyl (C=O) groups is 3. The van der Waals surface area contributed by atoms with Crippen LogP contribution in [0.4, 0.5) is 0 Å². The first-order chi connectivity index (χ1) is 21.8. The van der Waals surface area contributed by atoms with Crippen LogP contribution in [-0.4, -0.2) is 73.7 Å². The molecule has 0 radical (unpaired) electrons. The molecule has 0 fully saturated rings. The van der Waals surface area contributed by atoms with Gasteiger partial charge in [0.25, 0.3) is 5.91 Å².